The van der Waals surface area contributed by atoms with Gasteiger partial charge in [0, 0.05) is 22.8 Å². The van der Waals surface area contributed by atoms with E-state index in [0.29, 0.717) is 15.1 Å². The Morgan fingerprint density at radius 1 is 1.22 bits per heavy atom. The van der Waals surface area contributed by atoms with Gasteiger partial charge in [0.1, 0.15) is 0 Å². The molecule has 32 heavy (non-hydrogen) atoms. The molecule has 0 bridgehead atoms. The van der Waals surface area contributed by atoms with E-state index in [9.17, 15) is 4.79 Å². The fourth-order valence-electron chi connectivity index (χ4n) is 4.39. The molecule has 4 nitrogen and oxygen atoms in total. The Kier molecular flexibility index (Phi) is 5.99. The number of carbonyl (C=O) groups is 1. The highest BCUT2D eigenvalue weighted by molar-refractivity contribution is 8.18. The summed E-state index contributed by atoms with van der Waals surface area (Å²) in [4.78, 5) is 20.2. The lowest BCUT2D eigenvalue weighted by molar-refractivity contribution is -0.115. The monoisotopic (exact) mass is 465 g/mol. The van der Waals surface area contributed by atoms with Crippen LogP contribution < -0.4 is 10.2 Å². The highest BCUT2D eigenvalue weighted by Crippen LogP contribution is 2.42. The van der Waals surface area contributed by atoms with Crippen molar-refractivity contribution in [3.63, 3.8) is 0 Å². The Balaban J connectivity index is 1.69. The van der Waals surface area contributed by atoms with Crippen LogP contribution in [0.2, 0.25) is 5.02 Å². The number of benzene rings is 2. The van der Waals surface area contributed by atoms with E-state index in [1.807, 2.05) is 31.2 Å². The molecule has 2 heterocycles. The van der Waals surface area contributed by atoms with Crippen LogP contribution in [0.15, 0.2) is 46.3 Å². The summed E-state index contributed by atoms with van der Waals surface area (Å²) in [6.45, 7) is 13.7. The van der Waals surface area contributed by atoms with Crippen molar-refractivity contribution >= 4 is 57.5 Å². The Hall–Kier alpha value is -2.50. The number of allylic oxidation sites excluding steroid dienone is 1. The van der Waals surface area contributed by atoms with Crippen molar-refractivity contribution in [2.24, 2.45) is 4.99 Å². The van der Waals surface area contributed by atoms with E-state index in [-0.39, 0.29) is 11.4 Å². The molecule has 0 radical (unpaired) electrons. The van der Waals surface area contributed by atoms with Gasteiger partial charge in [0.05, 0.1) is 16.1 Å². The maximum atomic E-state index is 12.6. The predicted molar refractivity (Wildman–Crippen MR) is 139 cm³/mol. The number of halogens is 1. The molecule has 1 amide bonds. The molecule has 2 aromatic rings. The molecule has 4 rings (SSSR count). The lowest BCUT2D eigenvalue weighted by Gasteiger charge is -2.43. The van der Waals surface area contributed by atoms with Gasteiger partial charge in [0.15, 0.2) is 5.17 Å². The van der Waals surface area contributed by atoms with Gasteiger partial charge in [-0.3, -0.25) is 4.79 Å². The lowest BCUT2D eigenvalue weighted by Crippen LogP contribution is -2.44. The van der Waals surface area contributed by atoms with Crippen LogP contribution in [0.3, 0.4) is 0 Å². The van der Waals surface area contributed by atoms with Gasteiger partial charge in [-0.05, 0) is 99.8 Å². The predicted octanol–water partition coefficient (Wildman–Crippen LogP) is 6.87. The van der Waals surface area contributed by atoms with Crippen LogP contribution in [-0.4, -0.2) is 23.2 Å². The smallest absolute Gasteiger partial charge is 0.264 e. The number of amides is 1. The molecule has 0 atom stereocenters. The fourth-order valence-corrected chi connectivity index (χ4v) is 5.43. The number of hydrogen-bond donors (Lipinski definition) is 1. The number of aryl methyl sites for hydroxylation is 1. The normalized spacial score (nSPS) is 19.9. The zero-order chi connectivity index (χ0) is 23.2. The summed E-state index contributed by atoms with van der Waals surface area (Å²) in [5.74, 6) is -0.156. The Morgan fingerprint density at radius 3 is 2.69 bits per heavy atom. The number of likely N-dealkylation sites (N-methyl/N-ethyl adjacent to an activating group) is 1. The molecule has 1 fully saturated rings. The van der Waals surface area contributed by atoms with E-state index in [2.05, 4.69) is 68.0 Å². The zero-order valence-corrected chi connectivity index (χ0v) is 20.9. The summed E-state index contributed by atoms with van der Waals surface area (Å²) in [5.41, 5.74) is 7.40. The van der Waals surface area contributed by atoms with Gasteiger partial charge >= 0.3 is 0 Å². The number of aliphatic imine (C=N–C) groups is 1. The van der Waals surface area contributed by atoms with Crippen LogP contribution in [0.25, 0.3) is 11.6 Å². The summed E-state index contributed by atoms with van der Waals surface area (Å²) in [6.07, 6.45) is 4.15. The van der Waals surface area contributed by atoms with E-state index >= 15 is 0 Å². The molecular formula is C26H28ClN3OS. The number of amidine groups is 1. The molecular weight excluding hydrogens is 438 g/mol. The molecule has 0 aromatic heterocycles. The number of anilines is 1. The summed E-state index contributed by atoms with van der Waals surface area (Å²) in [7, 11) is 0. The highest BCUT2D eigenvalue weighted by atomic mass is 35.5. The standard InChI is InChI=1S/C26H28ClN3OS/c1-7-30-22-13-20(27)18(11-19(22)16(3)14-26(30,5)6)12-23-24(31)29-25(32-23)28-21-10-8-9-15(2)17(21)4/h8-14H,7H2,1-6H3,(H,28,29,31)/b23-12+. The number of nitrogens with one attached hydrogen (secondary N) is 1. The Labute approximate surface area is 199 Å². The second kappa shape index (κ2) is 8.45. The molecule has 2 aliphatic heterocycles. The fraction of sp³-hybridized carbons (Fsp3) is 0.308. The summed E-state index contributed by atoms with van der Waals surface area (Å²) in [5, 5.41) is 4.10. The zero-order valence-electron chi connectivity index (χ0n) is 19.3. The highest BCUT2D eigenvalue weighted by Gasteiger charge is 2.31. The lowest BCUT2D eigenvalue weighted by atomic mass is 9.88. The number of carbonyl (C=O) groups excluding carboxylic acids is 1. The van der Waals surface area contributed by atoms with Gasteiger partial charge in [-0.2, -0.15) is 0 Å². The van der Waals surface area contributed by atoms with Crippen molar-refractivity contribution in [2.45, 2.75) is 47.1 Å². The molecule has 1 saturated heterocycles. The van der Waals surface area contributed by atoms with Crippen molar-refractivity contribution in [3.8, 4) is 0 Å². The number of nitrogens with zero attached hydrogens (tertiary/aromatic N) is 2. The number of fused-ring (bicyclic) bond motifs is 1. The van der Waals surface area contributed by atoms with Crippen LogP contribution in [0, 0.1) is 13.8 Å². The van der Waals surface area contributed by atoms with Crippen molar-refractivity contribution in [2.75, 3.05) is 11.4 Å². The van der Waals surface area contributed by atoms with Crippen LogP contribution >= 0.6 is 23.4 Å². The van der Waals surface area contributed by atoms with Crippen LogP contribution in [-0.2, 0) is 4.79 Å². The van der Waals surface area contributed by atoms with E-state index in [0.717, 1.165) is 34.6 Å². The first-order chi connectivity index (χ1) is 15.1. The number of thioether (sulfide) groups is 1. The molecule has 6 heteroatoms. The number of hydrogen-bond acceptors (Lipinski definition) is 4. The largest absolute Gasteiger partial charge is 0.363 e. The first-order valence-corrected chi connectivity index (χ1v) is 12.0. The maximum absolute atomic E-state index is 12.6. The molecule has 2 aromatic carbocycles. The Morgan fingerprint density at radius 2 is 1.97 bits per heavy atom. The molecule has 1 N–H and O–H groups in total. The number of rotatable bonds is 3. The third-order valence-electron chi connectivity index (χ3n) is 6.15. The van der Waals surface area contributed by atoms with E-state index in [4.69, 9.17) is 11.6 Å². The minimum Gasteiger partial charge on any atom is -0.363 e. The van der Waals surface area contributed by atoms with Crippen molar-refractivity contribution in [3.05, 3.63) is 68.6 Å². The summed E-state index contributed by atoms with van der Waals surface area (Å²) < 4.78 is 0. The minimum atomic E-state index is -0.156. The molecule has 0 spiro atoms. The first-order valence-electron chi connectivity index (χ1n) is 10.8. The third-order valence-corrected chi connectivity index (χ3v) is 7.38. The van der Waals surface area contributed by atoms with Crippen molar-refractivity contribution < 1.29 is 4.79 Å². The van der Waals surface area contributed by atoms with Gasteiger partial charge in [-0.15, -0.1) is 0 Å². The quantitative estimate of drug-likeness (QED) is 0.503. The van der Waals surface area contributed by atoms with Crippen LogP contribution in [0.1, 0.15) is 49.9 Å². The van der Waals surface area contributed by atoms with E-state index in [1.165, 1.54) is 22.9 Å². The second-order valence-corrected chi connectivity index (χ2v) is 10.3. The van der Waals surface area contributed by atoms with E-state index in [1.54, 1.807) is 0 Å². The second-order valence-electron chi connectivity index (χ2n) is 8.82. The average Bonchev–Trinajstić information content (AvgIpc) is 3.05. The van der Waals surface area contributed by atoms with E-state index < -0.39 is 0 Å². The maximum Gasteiger partial charge on any atom is 0.264 e. The Bertz CT molecular complexity index is 1210. The van der Waals surface area contributed by atoms with Gasteiger partial charge in [-0.1, -0.05) is 29.8 Å². The molecule has 0 aliphatic carbocycles. The van der Waals surface area contributed by atoms with Gasteiger partial charge < -0.3 is 10.2 Å². The summed E-state index contributed by atoms with van der Waals surface area (Å²) >= 11 is 8.03. The first kappa shape index (κ1) is 22.7. The minimum absolute atomic E-state index is 0.0738. The molecule has 0 unspecified atom stereocenters. The summed E-state index contributed by atoms with van der Waals surface area (Å²) in [6, 6.07) is 10.1. The van der Waals surface area contributed by atoms with Gasteiger partial charge in [0.25, 0.3) is 5.91 Å². The molecule has 2 aliphatic rings. The molecule has 0 saturated carbocycles. The van der Waals surface area contributed by atoms with Crippen molar-refractivity contribution in [1.29, 1.82) is 0 Å². The van der Waals surface area contributed by atoms with Gasteiger partial charge in [-0.25, -0.2) is 4.99 Å². The third kappa shape index (κ3) is 4.12. The van der Waals surface area contributed by atoms with Gasteiger partial charge in [0.2, 0.25) is 0 Å². The van der Waals surface area contributed by atoms with Crippen LogP contribution in [0.5, 0.6) is 0 Å². The van der Waals surface area contributed by atoms with Crippen molar-refractivity contribution in [1.82, 2.24) is 5.32 Å². The topological polar surface area (TPSA) is 44.7 Å². The average molecular weight is 466 g/mol. The SMILES string of the molecule is CCN1c2cc(Cl)c(/C=C3/SC(=Nc4cccc(C)c4C)NC3=O)cc2C(C)=CC1(C)C. The molecule has 166 valence electrons. The van der Waals surface area contributed by atoms with Crippen LogP contribution in [0.4, 0.5) is 11.4 Å².